The molecule has 0 unspecified atom stereocenters. The van der Waals surface area contributed by atoms with Gasteiger partial charge in [0.25, 0.3) is 0 Å². The van der Waals surface area contributed by atoms with Gasteiger partial charge < -0.3 is 20.7 Å². The lowest BCUT2D eigenvalue weighted by Gasteiger charge is -2.31. The van der Waals surface area contributed by atoms with E-state index in [1.807, 2.05) is 6.92 Å². The van der Waals surface area contributed by atoms with Crippen molar-refractivity contribution in [2.24, 2.45) is 22.1 Å². The number of likely N-dealkylation sites (tertiary alicyclic amines) is 1. The van der Waals surface area contributed by atoms with Gasteiger partial charge in [0, 0.05) is 25.7 Å². The molecule has 0 radical (unpaired) electrons. The van der Waals surface area contributed by atoms with Crippen molar-refractivity contribution >= 4 is 12.1 Å². The summed E-state index contributed by atoms with van der Waals surface area (Å²) in [4.78, 5) is 18.0. The molecule has 1 saturated carbocycles. The Kier molecular flexibility index (Phi) is 6.13. The van der Waals surface area contributed by atoms with Crippen molar-refractivity contribution in [1.82, 2.24) is 10.2 Å². The molecule has 0 spiro atoms. The van der Waals surface area contributed by atoms with E-state index in [0.717, 1.165) is 19.4 Å². The van der Waals surface area contributed by atoms with E-state index >= 15 is 0 Å². The van der Waals surface area contributed by atoms with E-state index in [-0.39, 0.29) is 6.09 Å². The van der Waals surface area contributed by atoms with Gasteiger partial charge in [0.2, 0.25) is 0 Å². The first-order valence-corrected chi connectivity index (χ1v) is 8.92. The van der Waals surface area contributed by atoms with Gasteiger partial charge in [0.15, 0.2) is 5.96 Å². The monoisotopic (exact) mass is 324 g/mol. The predicted octanol–water partition coefficient (Wildman–Crippen LogP) is 2.34. The summed E-state index contributed by atoms with van der Waals surface area (Å²) >= 11 is 0. The van der Waals surface area contributed by atoms with Crippen LogP contribution in [-0.4, -0.2) is 49.2 Å². The SMILES string of the molecule is CCOC(=O)N1CCC(NC(N)=NCC2(CC(C)C)CC2)CC1. The smallest absolute Gasteiger partial charge is 0.409 e. The Labute approximate surface area is 139 Å². The zero-order valence-corrected chi connectivity index (χ0v) is 14.8. The number of aliphatic imine (C=N–C) groups is 1. The minimum Gasteiger partial charge on any atom is -0.450 e. The molecule has 1 aliphatic carbocycles. The van der Waals surface area contributed by atoms with E-state index in [4.69, 9.17) is 10.5 Å². The Morgan fingerprint density at radius 1 is 1.39 bits per heavy atom. The summed E-state index contributed by atoms with van der Waals surface area (Å²) in [5, 5.41) is 3.31. The van der Waals surface area contributed by atoms with Crippen molar-refractivity contribution in [3.8, 4) is 0 Å². The van der Waals surface area contributed by atoms with Crippen LogP contribution in [0.3, 0.4) is 0 Å². The largest absolute Gasteiger partial charge is 0.450 e. The molecule has 6 nitrogen and oxygen atoms in total. The Bertz CT molecular complexity index is 424. The third-order valence-corrected chi connectivity index (χ3v) is 4.76. The van der Waals surface area contributed by atoms with Gasteiger partial charge in [-0.3, -0.25) is 4.99 Å². The van der Waals surface area contributed by atoms with Crippen molar-refractivity contribution < 1.29 is 9.53 Å². The Morgan fingerprint density at radius 3 is 2.57 bits per heavy atom. The fourth-order valence-corrected chi connectivity index (χ4v) is 3.40. The molecule has 0 aromatic rings. The maximum absolute atomic E-state index is 11.7. The molecule has 2 rings (SSSR count). The highest BCUT2D eigenvalue weighted by Gasteiger charge is 2.42. The lowest BCUT2D eigenvalue weighted by molar-refractivity contribution is 0.0963. The van der Waals surface area contributed by atoms with Crippen LogP contribution in [0.15, 0.2) is 4.99 Å². The Morgan fingerprint density at radius 2 is 2.04 bits per heavy atom. The van der Waals surface area contributed by atoms with Crippen molar-refractivity contribution in [2.45, 2.75) is 58.9 Å². The number of piperidine rings is 1. The summed E-state index contributed by atoms with van der Waals surface area (Å²) in [5.74, 6) is 1.27. The predicted molar refractivity (Wildman–Crippen MR) is 92.4 cm³/mol. The van der Waals surface area contributed by atoms with Gasteiger partial charge in [-0.1, -0.05) is 13.8 Å². The second-order valence-corrected chi connectivity index (χ2v) is 7.40. The number of hydrogen-bond donors (Lipinski definition) is 2. The number of guanidine groups is 1. The number of ether oxygens (including phenoxy) is 1. The fraction of sp³-hybridized carbons (Fsp3) is 0.882. The highest BCUT2D eigenvalue weighted by molar-refractivity contribution is 5.78. The van der Waals surface area contributed by atoms with Crippen molar-refractivity contribution in [3.05, 3.63) is 0 Å². The molecule has 1 amide bonds. The number of nitrogens with two attached hydrogens (primary N) is 1. The third kappa shape index (κ3) is 5.59. The summed E-state index contributed by atoms with van der Waals surface area (Å²) in [6.07, 6.45) is 5.34. The first-order chi connectivity index (χ1) is 10.9. The maximum Gasteiger partial charge on any atom is 0.409 e. The van der Waals surface area contributed by atoms with Crippen LogP contribution in [0.25, 0.3) is 0 Å². The molecular formula is C17H32N4O2. The summed E-state index contributed by atoms with van der Waals surface area (Å²) in [5.41, 5.74) is 6.46. The number of nitrogens with one attached hydrogen (secondary N) is 1. The van der Waals surface area contributed by atoms with Crippen LogP contribution in [0.1, 0.15) is 52.9 Å². The molecular weight excluding hydrogens is 292 g/mol. The molecule has 1 aliphatic heterocycles. The topological polar surface area (TPSA) is 80.0 Å². The summed E-state index contributed by atoms with van der Waals surface area (Å²) < 4.78 is 5.03. The normalized spacial score (nSPS) is 21.4. The lowest BCUT2D eigenvalue weighted by atomic mass is 9.94. The van der Waals surface area contributed by atoms with Crippen LogP contribution in [0.5, 0.6) is 0 Å². The minimum atomic E-state index is -0.211. The molecule has 1 heterocycles. The van der Waals surface area contributed by atoms with Crippen molar-refractivity contribution in [2.75, 3.05) is 26.2 Å². The molecule has 0 aromatic heterocycles. The molecule has 2 fully saturated rings. The van der Waals surface area contributed by atoms with Gasteiger partial charge in [0.05, 0.1) is 6.61 Å². The van der Waals surface area contributed by atoms with E-state index in [1.165, 1.54) is 19.3 Å². The zero-order chi connectivity index (χ0) is 16.9. The summed E-state index contributed by atoms with van der Waals surface area (Å²) in [6, 6.07) is 0.296. The highest BCUT2D eigenvalue weighted by Crippen LogP contribution is 2.50. The van der Waals surface area contributed by atoms with Gasteiger partial charge in [0.1, 0.15) is 0 Å². The van der Waals surface area contributed by atoms with Gasteiger partial charge in [-0.2, -0.15) is 0 Å². The van der Waals surface area contributed by atoms with Crippen LogP contribution in [0.2, 0.25) is 0 Å². The molecule has 0 bridgehead atoms. The van der Waals surface area contributed by atoms with E-state index in [2.05, 4.69) is 24.2 Å². The van der Waals surface area contributed by atoms with E-state index in [0.29, 0.717) is 43.0 Å². The first kappa shape index (κ1) is 17.9. The lowest BCUT2D eigenvalue weighted by Crippen LogP contribution is -2.48. The quantitative estimate of drug-likeness (QED) is 0.580. The van der Waals surface area contributed by atoms with Crippen LogP contribution >= 0.6 is 0 Å². The number of hydrogen-bond acceptors (Lipinski definition) is 3. The van der Waals surface area contributed by atoms with Crippen LogP contribution < -0.4 is 11.1 Å². The van der Waals surface area contributed by atoms with E-state index in [1.54, 1.807) is 4.90 Å². The standard InChI is InChI=1S/C17H32N4O2/c1-4-23-16(22)21-9-5-14(6-10-21)20-15(18)19-12-17(7-8-17)11-13(2)3/h13-14H,4-12H2,1-3H3,(H3,18,19,20). The second kappa shape index (κ2) is 7.88. The van der Waals surface area contributed by atoms with Crippen molar-refractivity contribution in [1.29, 1.82) is 0 Å². The number of rotatable bonds is 6. The molecule has 2 aliphatic rings. The molecule has 1 saturated heterocycles. The highest BCUT2D eigenvalue weighted by atomic mass is 16.6. The third-order valence-electron chi connectivity index (χ3n) is 4.76. The molecule has 6 heteroatoms. The average molecular weight is 324 g/mol. The van der Waals surface area contributed by atoms with Gasteiger partial charge >= 0.3 is 6.09 Å². The number of nitrogens with zero attached hydrogens (tertiary/aromatic N) is 2. The number of carbonyl (C=O) groups is 1. The van der Waals surface area contributed by atoms with Gasteiger partial charge in [-0.15, -0.1) is 0 Å². The fourth-order valence-electron chi connectivity index (χ4n) is 3.40. The first-order valence-electron chi connectivity index (χ1n) is 8.92. The van der Waals surface area contributed by atoms with E-state index in [9.17, 15) is 4.79 Å². The molecule has 0 aromatic carbocycles. The Balaban J connectivity index is 1.71. The Hall–Kier alpha value is -1.46. The molecule has 23 heavy (non-hydrogen) atoms. The van der Waals surface area contributed by atoms with Gasteiger partial charge in [-0.25, -0.2) is 4.79 Å². The van der Waals surface area contributed by atoms with Crippen LogP contribution in [-0.2, 0) is 4.74 Å². The summed E-state index contributed by atoms with van der Waals surface area (Å²) in [7, 11) is 0. The minimum absolute atomic E-state index is 0.211. The van der Waals surface area contributed by atoms with Crippen molar-refractivity contribution in [3.63, 3.8) is 0 Å². The maximum atomic E-state index is 11.7. The van der Waals surface area contributed by atoms with Crippen LogP contribution in [0.4, 0.5) is 4.79 Å². The van der Waals surface area contributed by atoms with Gasteiger partial charge in [-0.05, 0) is 50.4 Å². The number of amides is 1. The van der Waals surface area contributed by atoms with E-state index < -0.39 is 0 Å². The molecule has 132 valence electrons. The summed E-state index contributed by atoms with van der Waals surface area (Å²) in [6.45, 7) is 9.04. The molecule has 0 atom stereocenters. The zero-order valence-electron chi connectivity index (χ0n) is 14.8. The number of carbonyl (C=O) groups excluding carboxylic acids is 1. The second-order valence-electron chi connectivity index (χ2n) is 7.40. The molecule has 3 N–H and O–H groups in total. The average Bonchev–Trinajstić information content (AvgIpc) is 3.25. The van der Waals surface area contributed by atoms with Crippen LogP contribution in [0, 0.1) is 11.3 Å².